The average Bonchev–Trinajstić information content (AvgIpc) is 3.34. The van der Waals surface area contributed by atoms with Crippen LogP contribution in [0.4, 0.5) is 0 Å². The number of nitrogens with zero attached hydrogens (tertiary/aromatic N) is 7. The molecule has 4 rings (SSSR count). The number of aromatic nitrogens is 5. The lowest BCUT2D eigenvalue weighted by molar-refractivity contribution is -0.0715. The van der Waals surface area contributed by atoms with Crippen LogP contribution in [0, 0.1) is 6.92 Å². The Hall–Kier alpha value is -2.26. The van der Waals surface area contributed by atoms with Gasteiger partial charge in [-0.1, -0.05) is 5.21 Å². The Kier molecular flexibility index (Phi) is 5.20. The number of morpholine rings is 1. The third-order valence-electron chi connectivity index (χ3n) is 5.64. The fraction of sp³-hybridized carbons (Fsp3) is 0.684. The number of ether oxygens (including phenoxy) is 1. The Bertz CT molecular complexity index is 835. The number of hydrogen-bond acceptors (Lipinski definition) is 6. The average molecular weight is 387 g/mol. The minimum absolute atomic E-state index is 0.0236. The molecule has 0 spiro atoms. The van der Waals surface area contributed by atoms with Crippen LogP contribution in [0.15, 0.2) is 12.4 Å². The Morgan fingerprint density at radius 3 is 2.71 bits per heavy atom. The summed E-state index contributed by atoms with van der Waals surface area (Å²) in [6.45, 7) is 9.60. The molecule has 2 saturated heterocycles. The molecule has 2 aromatic rings. The molecule has 1 amide bonds. The van der Waals surface area contributed by atoms with Crippen molar-refractivity contribution in [2.75, 3.05) is 26.2 Å². The van der Waals surface area contributed by atoms with E-state index in [1.54, 1.807) is 15.6 Å². The normalized spacial score (nSPS) is 26.1. The first-order valence-corrected chi connectivity index (χ1v) is 10.0. The van der Waals surface area contributed by atoms with Gasteiger partial charge in [-0.15, -0.1) is 5.10 Å². The molecule has 2 fully saturated rings. The van der Waals surface area contributed by atoms with E-state index in [0.29, 0.717) is 5.69 Å². The summed E-state index contributed by atoms with van der Waals surface area (Å²) in [6, 6.07) is 0.216. The van der Waals surface area contributed by atoms with E-state index in [2.05, 4.69) is 34.2 Å². The number of hydrogen-bond donors (Lipinski definition) is 0. The molecule has 2 aliphatic heterocycles. The number of carbonyl (C=O) groups is 1. The van der Waals surface area contributed by atoms with Crippen molar-refractivity contribution in [3.05, 3.63) is 23.8 Å². The lowest BCUT2D eigenvalue weighted by atomic mass is 10.1. The monoisotopic (exact) mass is 387 g/mol. The van der Waals surface area contributed by atoms with Crippen molar-refractivity contribution >= 4 is 5.91 Å². The first-order chi connectivity index (χ1) is 13.4. The van der Waals surface area contributed by atoms with Gasteiger partial charge < -0.3 is 9.64 Å². The van der Waals surface area contributed by atoms with Crippen LogP contribution in [0.2, 0.25) is 0 Å². The van der Waals surface area contributed by atoms with E-state index in [9.17, 15) is 4.79 Å². The minimum atomic E-state index is -0.0236. The van der Waals surface area contributed by atoms with Crippen molar-refractivity contribution in [2.24, 2.45) is 7.05 Å². The van der Waals surface area contributed by atoms with Crippen molar-refractivity contribution in [1.29, 1.82) is 0 Å². The summed E-state index contributed by atoms with van der Waals surface area (Å²) in [6.07, 6.45) is 6.10. The highest BCUT2D eigenvalue weighted by molar-refractivity contribution is 5.93. The predicted molar refractivity (Wildman–Crippen MR) is 103 cm³/mol. The third kappa shape index (κ3) is 3.68. The summed E-state index contributed by atoms with van der Waals surface area (Å²) in [7, 11) is 1.85. The second-order valence-electron chi connectivity index (χ2n) is 8.08. The van der Waals surface area contributed by atoms with Crippen molar-refractivity contribution in [3.63, 3.8) is 0 Å². The van der Waals surface area contributed by atoms with Crippen LogP contribution < -0.4 is 0 Å². The summed E-state index contributed by atoms with van der Waals surface area (Å²) in [4.78, 5) is 17.7. The van der Waals surface area contributed by atoms with Gasteiger partial charge >= 0.3 is 0 Å². The lowest BCUT2D eigenvalue weighted by Crippen LogP contribution is -2.51. The number of carbonyl (C=O) groups excluding carboxylic acids is 1. The van der Waals surface area contributed by atoms with Gasteiger partial charge in [-0.25, -0.2) is 4.68 Å². The van der Waals surface area contributed by atoms with Gasteiger partial charge in [0.15, 0.2) is 5.69 Å². The van der Waals surface area contributed by atoms with Crippen LogP contribution in [0.1, 0.15) is 42.9 Å². The summed E-state index contributed by atoms with van der Waals surface area (Å²) in [5.74, 6) is -0.0236. The molecule has 2 aliphatic rings. The maximum Gasteiger partial charge on any atom is 0.276 e. The van der Waals surface area contributed by atoms with Crippen molar-refractivity contribution in [3.8, 4) is 5.69 Å². The molecular weight excluding hydrogens is 358 g/mol. The molecule has 3 unspecified atom stereocenters. The molecule has 3 atom stereocenters. The van der Waals surface area contributed by atoms with Crippen LogP contribution in [0.3, 0.4) is 0 Å². The van der Waals surface area contributed by atoms with E-state index < -0.39 is 0 Å². The minimum Gasteiger partial charge on any atom is -0.373 e. The SMILES string of the molecule is Cc1c(C(=O)N2CCCC2CN2CC(C)OC(C)C2)nnn1-c1cnn(C)c1. The topological polar surface area (TPSA) is 81.3 Å². The molecule has 0 aliphatic carbocycles. The van der Waals surface area contributed by atoms with Crippen molar-refractivity contribution < 1.29 is 9.53 Å². The van der Waals surface area contributed by atoms with Crippen LogP contribution in [-0.2, 0) is 11.8 Å². The Labute approximate surface area is 165 Å². The number of likely N-dealkylation sites (tertiary alicyclic amines) is 1. The smallest absolute Gasteiger partial charge is 0.276 e. The van der Waals surface area contributed by atoms with Crippen LogP contribution >= 0.6 is 0 Å². The molecule has 2 aromatic heterocycles. The van der Waals surface area contributed by atoms with Crippen LogP contribution in [-0.4, -0.2) is 84.9 Å². The highest BCUT2D eigenvalue weighted by atomic mass is 16.5. The summed E-state index contributed by atoms with van der Waals surface area (Å²) in [5, 5.41) is 12.6. The van der Waals surface area contributed by atoms with Gasteiger partial charge in [0.25, 0.3) is 5.91 Å². The van der Waals surface area contributed by atoms with Gasteiger partial charge in [0.1, 0.15) is 5.69 Å². The maximum absolute atomic E-state index is 13.2. The van der Waals surface area contributed by atoms with Gasteiger partial charge in [0, 0.05) is 39.3 Å². The highest BCUT2D eigenvalue weighted by Crippen LogP contribution is 2.23. The van der Waals surface area contributed by atoms with E-state index in [0.717, 1.165) is 50.4 Å². The van der Waals surface area contributed by atoms with Gasteiger partial charge in [-0.2, -0.15) is 5.10 Å². The number of amides is 1. The molecule has 28 heavy (non-hydrogen) atoms. The molecule has 152 valence electrons. The van der Waals surface area contributed by atoms with Crippen LogP contribution in [0.25, 0.3) is 5.69 Å². The van der Waals surface area contributed by atoms with E-state index in [-0.39, 0.29) is 24.2 Å². The van der Waals surface area contributed by atoms with E-state index in [1.165, 1.54) is 0 Å². The lowest BCUT2D eigenvalue weighted by Gasteiger charge is -2.38. The number of rotatable bonds is 4. The van der Waals surface area contributed by atoms with E-state index >= 15 is 0 Å². The molecular formula is C19H29N7O2. The predicted octanol–water partition coefficient (Wildman–Crippen LogP) is 1.02. The Balaban J connectivity index is 1.49. The highest BCUT2D eigenvalue weighted by Gasteiger charge is 2.34. The van der Waals surface area contributed by atoms with E-state index in [1.807, 2.05) is 25.1 Å². The fourth-order valence-electron chi connectivity index (χ4n) is 4.45. The third-order valence-corrected chi connectivity index (χ3v) is 5.64. The summed E-state index contributed by atoms with van der Waals surface area (Å²) < 4.78 is 9.22. The second kappa shape index (κ2) is 7.63. The fourth-order valence-corrected chi connectivity index (χ4v) is 4.45. The van der Waals surface area contributed by atoms with Crippen molar-refractivity contribution in [1.82, 2.24) is 34.6 Å². The Morgan fingerprint density at radius 2 is 2.04 bits per heavy atom. The molecule has 9 heteroatoms. The zero-order chi connectivity index (χ0) is 19.8. The standard InChI is InChI=1S/C19H29N7O2/c1-13-9-24(10-14(2)28-13)12-16-6-5-7-25(16)19(27)18-15(3)26(22-21-18)17-8-20-23(4)11-17/h8,11,13-14,16H,5-7,9-10,12H2,1-4H3. The quantitative estimate of drug-likeness (QED) is 0.779. The largest absolute Gasteiger partial charge is 0.373 e. The van der Waals surface area contributed by atoms with Gasteiger partial charge in [0.2, 0.25) is 0 Å². The van der Waals surface area contributed by atoms with Gasteiger partial charge in [0.05, 0.1) is 30.3 Å². The van der Waals surface area contributed by atoms with Crippen molar-refractivity contribution in [2.45, 2.75) is 51.9 Å². The molecule has 0 aromatic carbocycles. The molecule has 0 bridgehead atoms. The summed E-state index contributed by atoms with van der Waals surface area (Å²) in [5.41, 5.74) is 1.98. The second-order valence-corrected chi connectivity index (χ2v) is 8.08. The molecule has 4 heterocycles. The summed E-state index contributed by atoms with van der Waals surface area (Å²) >= 11 is 0. The molecule has 9 nitrogen and oxygen atoms in total. The first kappa shape index (κ1) is 19.1. The first-order valence-electron chi connectivity index (χ1n) is 10.0. The molecule has 0 N–H and O–H groups in total. The maximum atomic E-state index is 13.2. The molecule has 0 radical (unpaired) electrons. The Morgan fingerprint density at radius 1 is 1.29 bits per heavy atom. The van der Waals surface area contributed by atoms with Gasteiger partial charge in [-0.05, 0) is 33.6 Å². The zero-order valence-corrected chi connectivity index (χ0v) is 17.1. The van der Waals surface area contributed by atoms with Crippen LogP contribution in [0.5, 0.6) is 0 Å². The van der Waals surface area contributed by atoms with Gasteiger partial charge in [-0.3, -0.25) is 14.4 Å². The zero-order valence-electron chi connectivity index (χ0n) is 17.1. The van der Waals surface area contributed by atoms with E-state index in [4.69, 9.17) is 4.74 Å². The molecule has 0 saturated carbocycles. The number of aryl methyl sites for hydroxylation is 1.